The van der Waals surface area contributed by atoms with Gasteiger partial charge in [-0.25, -0.2) is 8.42 Å². The first kappa shape index (κ1) is 28.2. The Labute approximate surface area is 209 Å². The van der Waals surface area contributed by atoms with E-state index >= 15 is 0 Å². The summed E-state index contributed by atoms with van der Waals surface area (Å²) in [4.78, 5) is 28.1. The lowest BCUT2D eigenvalue weighted by Gasteiger charge is -2.33. The molecule has 0 aliphatic carbocycles. The third-order valence-electron chi connectivity index (χ3n) is 5.55. The van der Waals surface area contributed by atoms with Gasteiger partial charge in [-0.15, -0.1) is 0 Å². The van der Waals surface area contributed by atoms with Gasteiger partial charge in [0, 0.05) is 12.1 Å². The zero-order chi connectivity index (χ0) is 26.6. The van der Waals surface area contributed by atoms with E-state index in [1.807, 2.05) is 39.0 Å². The van der Waals surface area contributed by atoms with Gasteiger partial charge in [0.15, 0.2) is 0 Å². The van der Waals surface area contributed by atoms with Crippen molar-refractivity contribution in [3.05, 3.63) is 59.2 Å². The van der Waals surface area contributed by atoms with Crippen LogP contribution in [0.1, 0.15) is 44.4 Å². The van der Waals surface area contributed by atoms with E-state index in [0.717, 1.165) is 27.3 Å². The fraction of sp³-hybridized carbons (Fsp3) is 0.462. The second-order valence-electron chi connectivity index (χ2n) is 9.79. The molecule has 0 spiro atoms. The minimum atomic E-state index is -3.78. The maximum Gasteiger partial charge on any atom is 0.244 e. The van der Waals surface area contributed by atoms with Crippen LogP contribution in [0, 0.1) is 13.8 Å². The van der Waals surface area contributed by atoms with Crippen LogP contribution in [-0.2, 0) is 26.2 Å². The summed E-state index contributed by atoms with van der Waals surface area (Å²) in [6, 6.07) is 11.8. The number of amides is 2. The Morgan fingerprint density at radius 3 is 2.03 bits per heavy atom. The Balaban J connectivity index is 2.45. The van der Waals surface area contributed by atoms with Gasteiger partial charge < -0.3 is 15.0 Å². The highest BCUT2D eigenvalue weighted by molar-refractivity contribution is 7.92. The van der Waals surface area contributed by atoms with E-state index in [2.05, 4.69) is 5.32 Å². The van der Waals surface area contributed by atoms with Crippen molar-refractivity contribution >= 4 is 27.5 Å². The Morgan fingerprint density at radius 1 is 1.03 bits per heavy atom. The average Bonchev–Trinajstić information content (AvgIpc) is 2.74. The van der Waals surface area contributed by atoms with E-state index in [-0.39, 0.29) is 12.5 Å². The number of aryl methyl sites for hydroxylation is 2. The summed E-state index contributed by atoms with van der Waals surface area (Å²) in [6.07, 6.45) is 1.08. The zero-order valence-corrected chi connectivity index (χ0v) is 22.7. The first-order chi connectivity index (χ1) is 16.1. The van der Waals surface area contributed by atoms with Gasteiger partial charge in [0.25, 0.3) is 0 Å². The fourth-order valence-electron chi connectivity index (χ4n) is 3.76. The number of nitrogens with one attached hydrogen (secondary N) is 1. The number of hydrogen-bond acceptors (Lipinski definition) is 5. The van der Waals surface area contributed by atoms with Crippen LogP contribution >= 0.6 is 0 Å². The molecule has 1 N–H and O–H groups in total. The molecular weight excluding hydrogens is 466 g/mol. The van der Waals surface area contributed by atoms with E-state index in [0.29, 0.717) is 11.4 Å². The minimum absolute atomic E-state index is 0.131. The predicted molar refractivity (Wildman–Crippen MR) is 139 cm³/mol. The zero-order valence-electron chi connectivity index (χ0n) is 21.9. The number of anilines is 1. The maximum atomic E-state index is 13.7. The fourth-order valence-corrected chi connectivity index (χ4v) is 4.72. The number of methoxy groups -OCH3 is 1. The van der Waals surface area contributed by atoms with Crippen LogP contribution in [0.15, 0.2) is 42.5 Å². The van der Waals surface area contributed by atoms with Gasteiger partial charge in [0.05, 0.1) is 19.1 Å². The molecule has 2 amide bonds. The summed E-state index contributed by atoms with van der Waals surface area (Å²) >= 11 is 0. The molecule has 1 atom stereocenters. The van der Waals surface area contributed by atoms with Crippen LogP contribution in [0.2, 0.25) is 0 Å². The number of carbonyl (C=O) groups excluding carboxylic acids is 2. The summed E-state index contributed by atoms with van der Waals surface area (Å²) in [5.41, 5.74) is 2.25. The molecule has 0 saturated carbocycles. The molecule has 2 rings (SSSR count). The van der Waals surface area contributed by atoms with E-state index in [1.54, 1.807) is 52.1 Å². The normalized spacial score (nSPS) is 12.6. The smallest absolute Gasteiger partial charge is 0.244 e. The number of benzene rings is 2. The van der Waals surface area contributed by atoms with Crippen molar-refractivity contribution in [2.75, 3.05) is 24.2 Å². The standard InChI is InChI=1S/C26H37N3O5S/c1-18-10-9-11-19(2)24(18)29(35(8,32)33)17-23(30)28(20(3)25(31)27-26(4,5)6)16-21-12-14-22(34-7)15-13-21/h9-15,20H,16-17H2,1-8H3,(H,27,31). The summed E-state index contributed by atoms with van der Waals surface area (Å²) in [5, 5.41) is 2.91. The highest BCUT2D eigenvalue weighted by Gasteiger charge is 2.32. The van der Waals surface area contributed by atoms with Gasteiger partial charge >= 0.3 is 0 Å². The summed E-state index contributed by atoms with van der Waals surface area (Å²) in [5.74, 6) is -0.133. The molecule has 0 heterocycles. The van der Waals surface area contributed by atoms with Crippen molar-refractivity contribution in [2.45, 2.75) is 59.7 Å². The van der Waals surface area contributed by atoms with Crippen molar-refractivity contribution in [3.8, 4) is 5.75 Å². The number of ether oxygens (including phenoxy) is 1. The van der Waals surface area contributed by atoms with Crippen molar-refractivity contribution in [1.82, 2.24) is 10.2 Å². The second-order valence-corrected chi connectivity index (χ2v) is 11.7. The van der Waals surface area contributed by atoms with Gasteiger partial charge in [-0.1, -0.05) is 30.3 Å². The van der Waals surface area contributed by atoms with Crippen molar-refractivity contribution in [3.63, 3.8) is 0 Å². The number of sulfonamides is 1. The molecule has 35 heavy (non-hydrogen) atoms. The van der Waals surface area contributed by atoms with Crippen LogP contribution in [0.25, 0.3) is 0 Å². The molecule has 0 aliphatic rings. The van der Waals surface area contributed by atoms with Crippen LogP contribution < -0.4 is 14.4 Å². The highest BCUT2D eigenvalue weighted by atomic mass is 32.2. The van der Waals surface area contributed by atoms with Crippen LogP contribution in [0.5, 0.6) is 5.75 Å². The molecule has 1 unspecified atom stereocenters. The Hall–Kier alpha value is -3.07. The van der Waals surface area contributed by atoms with E-state index in [1.165, 1.54) is 4.90 Å². The van der Waals surface area contributed by atoms with Gasteiger partial charge in [-0.2, -0.15) is 0 Å². The Morgan fingerprint density at radius 2 is 1.57 bits per heavy atom. The third-order valence-corrected chi connectivity index (χ3v) is 6.66. The topological polar surface area (TPSA) is 96.0 Å². The minimum Gasteiger partial charge on any atom is -0.497 e. The molecule has 0 fully saturated rings. The first-order valence-electron chi connectivity index (χ1n) is 11.4. The van der Waals surface area contributed by atoms with Crippen molar-refractivity contribution < 1.29 is 22.7 Å². The van der Waals surface area contributed by atoms with Crippen LogP contribution in [0.4, 0.5) is 5.69 Å². The summed E-state index contributed by atoms with van der Waals surface area (Å²) in [7, 11) is -2.21. The lowest BCUT2D eigenvalue weighted by atomic mass is 10.1. The van der Waals surface area contributed by atoms with Gasteiger partial charge in [0.2, 0.25) is 21.8 Å². The number of carbonyl (C=O) groups is 2. The third kappa shape index (κ3) is 7.71. The monoisotopic (exact) mass is 503 g/mol. The molecule has 0 aromatic heterocycles. The number of rotatable bonds is 9. The number of hydrogen-bond donors (Lipinski definition) is 1. The van der Waals surface area contributed by atoms with E-state index in [9.17, 15) is 18.0 Å². The van der Waals surface area contributed by atoms with Gasteiger partial charge in [-0.3, -0.25) is 13.9 Å². The molecule has 0 bridgehead atoms. The average molecular weight is 504 g/mol. The largest absolute Gasteiger partial charge is 0.497 e. The maximum absolute atomic E-state index is 13.7. The molecule has 0 radical (unpaired) electrons. The predicted octanol–water partition coefficient (Wildman–Crippen LogP) is 3.41. The van der Waals surface area contributed by atoms with Crippen molar-refractivity contribution in [1.29, 1.82) is 0 Å². The van der Waals surface area contributed by atoms with Gasteiger partial charge in [0.1, 0.15) is 18.3 Å². The summed E-state index contributed by atoms with van der Waals surface area (Å²) < 4.78 is 31.9. The van der Waals surface area contributed by atoms with E-state index in [4.69, 9.17) is 4.74 Å². The Bertz CT molecular complexity index is 1130. The van der Waals surface area contributed by atoms with Crippen LogP contribution in [0.3, 0.4) is 0 Å². The van der Waals surface area contributed by atoms with Gasteiger partial charge in [-0.05, 0) is 70.4 Å². The first-order valence-corrected chi connectivity index (χ1v) is 13.3. The molecule has 0 aliphatic heterocycles. The highest BCUT2D eigenvalue weighted by Crippen LogP contribution is 2.27. The molecule has 192 valence electrons. The van der Waals surface area contributed by atoms with Crippen molar-refractivity contribution in [2.24, 2.45) is 0 Å². The molecule has 0 saturated heterocycles. The molecule has 8 nitrogen and oxygen atoms in total. The quantitative estimate of drug-likeness (QED) is 0.566. The molecular formula is C26H37N3O5S. The van der Waals surface area contributed by atoms with E-state index < -0.39 is 34.1 Å². The number of para-hydroxylation sites is 1. The molecule has 2 aromatic carbocycles. The second kappa shape index (κ2) is 11.1. The lowest BCUT2D eigenvalue weighted by Crippen LogP contribution is -2.54. The summed E-state index contributed by atoms with van der Waals surface area (Å²) in [6.45, 7) is 10.5. The molecule has 2 aromatic rings. The number of nitrogens with zero attached hydrogens (tertiary/aromatic N) is 2. The Kier molecular flexibility index (Phi) is 8.94. The molecule has 9 heteroatoms. The SMILES string of the molecule is COc1ccc(CN(C(=O)CN(c2c(C)cccc2C)S(C)(=O)=O)C(C)C(=O)NC(C)(C)C)cc1. The lowest BCUT2D eigenvalue weighted by molar-refractivity contribution is -0.140. The van der Waals surface area contributed by atoms with Crippen LogP contribution in [-0.4, -0.2) is 56.6 Å².